The smallest absolute Gasteiger partial charge is 0.338 e. The van der Waals surface area contributed by atoms with E-state index in [2.05, 4.69) is 4.98 Å². The summed E-state index contributed by atoms with van der Waals surface area (Å²) in [5.41, 5.74) is 6.69. The molecule has 0 aliphatic heterocycles. The lowest BCUT2D eigenvalue weighted by atomic mass is 10.2. The van der Waals surface area contributed by atoms with Gasteiger partial charge in [-0.05, 0) is 43.3 Å². The Hall–Kier alpha value is -3.35. The second kappa shape index (κ2) is 7.04. The van der Waals surface area contributed by atoms with Crippen LogP contribution in [0.15, 0.2) is 52.9 Å². The van der Waals surface area contributed by atoms with Crippen molar-refractivity contribution < 1.29 is 23.5 Å². The van der Waals surface area contributed by atoms with E-state index in [1.165, 1.54) is 12.1 Å². The molecule has 1 amide bonds. The Morgan fingerprint density at radius 2 is 1.88 bits per heavy atom. The number of oxazole rings is 1. The summed E-state index contributed by atoms with van der Waals surface area (Å²) in [7, 11) is 0. The fraction of sp³-hybridized carbons (Fsp3) is 0.167. The number of carbonyl (C=O) groups is 2. The van der Waals surface area contributed by atoms with Crippen LogP contribution in [0.5, 0.6) is 5.75 Å². The zero-order valence-electron chi connectivity index (χ0n) is 13.5. The van der Waals surface area contributed by atoms with Gasteiger partial charge in [0.2, 0.25) is 5.89 Å². The van der Waals surface area contributed by atoms with Gasteiger partial charge in [-0.2, -0.15) is 0 Å². The first kappa shape index (κ1) is 16.5. The Balaban J connectivity index is 1.65. The molecule has 1 atom stereocenters. The summed E-state index contributed by atoms with van der Waals surface area (Å²) in [6.07, 6.45) is -0.634. The number of carbonyl (C=O) groups excluding carboxylic acids is 2. The highest BCUT2D eigenvalue weighted by Crippen LogP contribution is 2.23. The number of primary amides is 1. The number of aromatic nitrogens is 1. The summed E-state index contributed by atoms with van der Waals surface area (Å²) in [4.78, 5) is 27.2. The molecule has 2 N–H and O–H groups in total. The second-order valence-corrected chi connectivity index (χ2v) is 5.35. The maximum atomic E-state index is 12.2. The molecule has 3 rings (SSSR count). The third kappa shape index (κ3) is 3.95. The van der Waals surface area contributed by atoms with Crippen LogP contribution in [-0.2, 0) is 9.53 Å². The maximum Gasteiger partial charge on any atom is 0.338 e. The average Bonchev–Trinajstić information content (AvgIpc) is 3.04. The van der Waals surface area contributed by atoms with Crippen molar-refractivity contribution in [3.05, 3.63) is 60.0 Å². The third-order valence-corrected chi connectivity index (χ3v) is 3.41. The minimum absolute atomic E-state index is 0.224. The minimum Gasteiger partial charge on any atom is -0.484 e. The fourth-order valence-corrected chi connectivity index (χ4v) is 2.18. The van der Waals surface area contributed by atoms with Crippen molar-refractivity contribution >= 4 is 23.0 Å². The Morgan fingerprint density at radius 1 is 1.16 bits per heavy atom. The molecule has 3 aromatic rings. The van der Waals surface area contributed by atoms with E-state index < -0.39 is 18.0 Å². The molecule has 0 radical (unpaired) electrons. The van der Waals surface area contributed by atoms with Gasteiger partial charge in [0.05, 0.1) is 5.56 Å². The van der Waals surface area contributed by atoms with E-state index >= 15 is 0 Å². The normalized spacial score (nSPS) is 11.9. The first-order chi connectivity index (χ1) is 12.0. The number of rotatable bonds is 6. The Morgan fingerprint density at radius 3 is 2.56 bits per heavy atom. The number of nitrogens with two attached hydrogens (primary N) is 1. The maximum absolute atomic E-state index is 12.2. The van der Waals surface area contributed by atoms with Crippen molar-refractivity contribution in [1.82, 2.24) is 4.98 Å². The summed E-state index contributed by atoms with van der Waals surface area (Å²) in [5, 5.41) is 0. The highest BCUT2D eigenvalue weighted by atomic mass is 16.6. The minimum atomic E-state index is -0.634. The molecule has 1 heterocycles. The van der Waals surface area contributed by atoms with Crippen LogP contribution in [0.4, 0.5) is 0 Å². The van der Waals surface area contributed by atoms with Crippen molar-refractivity contribution in [3.8, 4) is 5.75 Å². The van der Waals surface area contributed by atoms with Crippen LogP contribution in [0.1, 0.15) is 29.3 Å². The van der Waals surface area contributed by atoms with Crippen LogP contribution in [0.3, 0.4) is 0 Å². The molecule has 0 spiro atoms. The zero-order chi connectivity index (χ0) is 17.8. The summed E-state index contributed by atoms with van der Waals surface area (Å²) in [6, 6.07) is 13.5. The van der Waals surface area contributed by atoms with E-state index in [1.54, 1.807) is 25.1 Å². The quantitative estimate of drug-likeness (QED) is 0.692. The van der Waals surface area contributed by atoms with E-state index in [9.17, 15) is 9.59 Å². The molecule has 1 aromatic heterocycles. The van der Waals surface area contributed by atoms with Gasteiger partial charge in [-0.1, -0.05) is 12.1 Å². The van der Waals surface area contributed by atoms with Crippen LogP contribution in [0.25, 0.3) is 11.1 Å². The molecule has 0 saturated heterocycles. The number of hydrogen-bond donors (Lipinski definition) is 1. The molecule has 128 valence electrons. The lowest BCUT2D eigenvalue weighted by Gasteiger charge is -2.10. The van der Waals surface area contributed by atoms with Gasteiger partial charge in [0.15, 0.2) is 18.3 Å². The van der Waals surface area contributed by atoms with E-state index in [0.717, 1.165) is 0 Å². The van der Waals surface area contributed by atoms with Gasteiger partial charge < -0.3 is 19.6 Å². The summed E-state index contributed by atoms with van der Waals surface area (Å²) in [5.74, 6) is -0.329. The summed E-state index contributed by atoms with van der Waals surface area (Å²) in [6.45, 7) is 1.46. The van der Waals surface area contributed by atoms with Crippen molar-refractivity contribution in [2.24, 2.45) is 5.73 Å². The molecular formula is C18H16N2O5. The molecule has 7 nitrogen and oxygen atoms in total. The number of ether oxygens (including phenoxy) is 2. The highest BCUT2D eigenvalue weighted by molar-refractivity contribution is 5.89. The topological polar surface area (TPSA) is 105 Å². The molecule has 2 aromatic carbocycles. The van der Waals surface area contributed by atoms with Gasteiger partial charge in [0, 0.05) is 0 Å². The molecule has 0 aliphatic rings. The van der Waals surface area contributed by atoms with Crippen LogP contribution in [-0.4, -0.2) is 23.5 Å². The number of hydrogen-bond acceptors (Lipinski definition) is 6. The molecule has 0 unspecified atom stereocenters. The summed E-state index contributed by atoms with van der Waals surface area (Å²) >= 11 is 0. The predicted octanol–water partition coefficient (Wildman–Crippen LogP) is 2.61. The predicted molar refractivity (Wildman–Crippen MR) is 89.0 cm³/mol. The zero-order valence-corrected chi connectivity index (χ0v) is 13.5. The van der Waals surface area contributed by atoms with Gasteiger partial charge in [-0.15, -0.1) is 0 Å². The van der Waals surface area contributed by atoms with Crippen molar-refractivity contribution in [2.45, 2.75) is 13.0 Å². The van der Waals surface area contributed by atoms with Crippen LogP contribution < -0.4 is 10.5 Å². The van der Waals surface area contributed by atoms with E-state index in [1.807, 2.05) is 18.2 Å². The first-order valence-corrected chi connectivity index (χ1v) is 7.60. The molecule has 0 fully saturated rings. The Bertz CT molecular complexity index is 868. The van der Waals surface area contributed by atoms with Crippen LogP contribution >= 0.6 is 0 Å². The lowest BCUT2D eigenvalue weighted by molar-refractivity contribution is -0.119. The standard InChI is InChI=1S/C18H16N2O5/c1-11(17-20-14-4-2-3-5-15(14)25-17)24-18(22)12-6-8-13(9-7-12)23-10-16(19)21/h2-9,11H,10H2,1H3,(H2,19,21)/t11-/m0/s1. The second-order valence-electron chi connectivity index (χ2n) is 5.35. The van der Waals surface area contributed by atoms with Crippen molar-refractivity contribution in [2.75, 3.05) is 6.61 Å². The molecule has 7 heteroatoms. The fourth-order valence-electron chi connectivity index (χ4n) is 2.18. The first-order valence-electron chi connectivity index (χ1n) is 7.60. The molecular weight excluding hydrogens is 324 g/mol. The molecule has 0 bridgehead atoms. The average molecular weight is 340 g/mol. The van der Waals surface area contributed by atoms with Crippen molar-refractivity contribution in [1.29, 1.82) is 0 Å². The third-order valence-electron chi connectivity index (χ3n) is 3.41. The summed E-state index contributed by atoms with van der Waals surface area (Å²) < 4.78 is 16.1. The number of nitrogens with zero attached hydrogens (tertiary/aromatic N) is 1. The van der Waals surface area contributed by atoms with Gasteiger partial charge in [-0.25, -0.2) is 9.78 Å². The highest BCUT2D eigenvalue weighted by Gasteiger charge is 2.19. The molecule has 0 aliphatic carbocycles. The number of fused-ring (bicyclic) bond motifs is 1. The Labute approximate surface area is 143 Å². The van der Waals surface area contributed by atoms with Crippen LogP contribution in [0.2, 0.25) is 0 Å². The number of benzene rings is 2. The van der Waals surface area contributed by atoms with Crippen molar-refractivity contribution in [3.63, 3.8) is 0 Å². The largest absolute Gasteiger partial charge is 0.484 e. The monoisotopic (exact) mass is 340 g/mol. The SMILES string of the molecule is C[C@H](OC(=O)c1ccc(OCC(N)=O)cc1)c1nc2ccccc2o1. The van der Waals surface area contributed by atoms with E-state index in [0.29, 0.717) is 28.3 Å². The Kier molecular flexibility index (Phi) is 4.65. The van der Waals surface area contributed by atoms with Gasteiger partial charge in [-0.3, -0.25) is 4.79 Å². The molecule has 0 saturated carbocycles. The van der Waals surface area contributed by atoms with Gasteiger partial charge in [0.25, 0.3) is 5.91 Å². The van der Waals surface area contributed by atoms with E-state index in [-0.39, 0.29) is 6.61 Å². The van der Waals surface area contributed by atoms with Gasteiger partial charge >= 0.3 is 5.97 Å². The van der Waals surface area contributed by atoms with E-state index in [4.69, 9.17) is 19.6 Å². The van der Waals surface area contributed by atoms with Gasteiger partial charge in [0.1, 0.15) is 11.3 Å². The number of amides is 1. The van der Waals surface area contributed by atoms with Crippen LogP contribution in [0, 0.1) is 0 Å². The number of esters is 1. The number of para-hydroxylation sites is 2. The molecule has 25 heavy (non-hydrogen) atoms. The lowest BCUT2D eigenvalue weighted by Crippen LogP contribution is -2.20.